The van der Waals surface area contributed by atoms with Gasteiger partial charge < -0.3 is 15.2 Å². The van der Waals surface area contributed by atoms with Gasteiger partial charge in [0.05, 0.1) is 19.1 Å². The van der Waals surface area contributed by atoms with E-state index >= 15 is 0 Å². The molecule has 1 aromatic rings. The van der Waals surface area contributed by atoms with Crippen LogP contribution in [0.1, 0.15) is 16.8 Å². The zero-order chi connectivity index (χ0) is 15.3. The van der Waals surface area contributed by atoms with E-state index in [0.29, 0.717) is 0 Å². The number of carbonyl (C=O) groups is 2. The maximum Gasteiger partial charge on any atom is 0.391 e. The van der Waals surface area contributed by atoms with Crippen LogP contribution in [0, 0.1) is 0 Å². The molecule has 0 amide bonds. The molecule has 1 aromatic carbocycles. The lowest BCUT2D eigenvalue weighted by Crippen LogP contribution is -2.35. The van der Waals surface area contributed by atoms with Crippen LogP contribution in [0.2, 0.25) is 0 Å². The van der Waals surface area contributed by atoms with Crippen LogP contribution in [0.15, 0.2) is 24.3 Å². The third-order valence-corrected chi connectivity index (χ3v) is 2.39. The average Bonchev–Trinajstić information content (AvgIpc) is 2.36. The highest BCUT2D eigenvalue weighted by atomic mass is 19.4. The second-order valence-electron chi connectivity index (χ2n) is 3.92. The van der Waals surface area contributed by atoms with Crippen LogP contribution in [0.3, 0.4) is 0 Å². The van der Waals surface area contributed by atoms with E-state index in [9.17, 15) is 22.8 Å². The quantitative estimate of drug-likeness (QED) is 0.814. The van der Waals surface area contributed by atoms with Crippen molar-refractivity contribution < 1.29 is 32.6 Å². The molecule has 110 valence electrons. The maximum atomic E-state index is 12.3. The van der Waals surface area contributed by atoms with Crippen molar-refractivity contribution in [2.24, 2.45) is 0 Å². The number of nitrogens with one attached hydrogen (secondary N) is 1. The summed E-state index contributed by atoms with van der Waals surface area (Å²) in [6.07, 6.45) is -5.92. The number of rotatable bonds is 5. The summed E-state index contributed by atoms with van der Waals surface area (Å²) >= 11 is 0. The number of anilines is 1. The molecule has 1 unspecified atom stereocenters. The van der Waals surface area contributed by atoms with Crippen molar-refractivity contribution in [1.82, 2.24) is 0 Å². The van der Waals surface area contributed by atoms with Crippen LogP contribution in [0.4, 0.5) is 18.9 Å². The Labute approximate surface area is 112 Å². The first-order valence-electron chi connectivity index (χ1n) is 5.47. The third-order valence-electron chi connectivity index (χ3n) is 2.39. The molecule has 0 heterocycles. The van der Waals surface area contributed by atoms with Crippen molar-refractivity contribution in [2.45, 2.75) is 18.6 Å². The standard InChI is InChI=1S/C12H12F3NO4/c1-20-11(19)9(6-12(13,14)15)16-8-4-2-7(3-5-8)10(17)18/h2-5,9,16H,6H2,1H3,(H,17,18). The lowest BCUT2D eigenvalue weighted by atomic mass is 10.1. The average molecular weight is 291 g/mol. The summed E-state index contributed by atoms with van der Waals surface area (Å²) in [5.41, 5.74) is 0.177. The van der Waals surface area contributed by atoms with Gasteiger partial charge in [-0.2, -0.15) is 13.2 Å². The van der Waals surface area contributed by atoms with Gasteiger partial charge in [-0.3, -0.25) is 0 Å². The van der Waals surface area contributed by atoms with E-state index < -0.39 is 30.6 Å². The SMILES string of the molecule is COC(=O)C(CC(F)(F)F)Nc1ccc(C(=O)O)cc1. The van der Waals surface area contributed by atoms with Gasteiger partial charge in [0, 0.05) is 5.69 Å². The second kappa shape index (κ2) is 6.27. The minimum atomic E-state index is -4.53. The number of hydrogen-bond acceptors (Lipinski definition) is 4. The van der Waals surface area contributed by atoms with Gasteiger partial charge in [0.1, 0.15) is 6.04 Å². The van der Waals surface area contributed by atoms with Crippen LogP contribution in [0.25, 0.3) is 0 Å². The molecule has 8 heteroatoms. The fourth-order valence-electron chi connectivity index (χ4n) is 1.48. The highest BCUT2D eigenvalue weighted by Gasteiger charge is 2.36. The lowest BCUT2D eigenvalue weighted by molar-refractivity contribution is -0.157. The van der Waals surface area contributed by atoms with E-state index in [1.807, 2.05) is 0 Å². The summed E-state index contributed by atoms with van der Waals surface area (Å²) in [4.78, 5) is 21.9. The van der Waals surface area contributed by atoms with Gasteiger partial charge in [0.15, 0.2) is 0 Å². The monoisotopic (exact) mass is 291 g/mol. The van der Waals surface area contributed by atoms with Crippen molar-refractivity contribution in [3.8, 4) is 0 Å². The summed E-state index contributed by atoms with van der Waals surface area (Å²) in [6, 6.07) is 3.39. The molecule has 2 N–H and O–H groups in total. The molecule has 0 bridgehead atoms. The van der Waals surface area contributed by atoms with Crippen molar-refractivity contribution in [2.75, 3.05) is 12.4 Å². The normalized spacial score (nSPS) is 12.6. The lowest BCUT2D eigenvalue weighted by Gasteiger charge is -2.19. The van der Waals surface area contributed by atoms with Crippen molar-refractivity contribution in [3.05, 3.63) is 29.8 Å². The fourth-order valence-corrected chi connectivity index (χ4v) is 1.48. The Hall–Kier alpha value is -2.25. The summed E-state index contributed by atoms with van der Waals surface area (Å²) in [5, 5.41) is 11.1. The Balaban J connectivity index is 2.84. The molecule has 0 fully saturated rings. The molecule has 1 atom stereocenters. The van der Waals surface area contributed by atoms with Crippen LogP contribution in [-0.2, 0) is 9.53 Å². The first-order chi connectivity index (χ1) is 9.23. The van der Waals surface area contributed by atoms with Gasteiger partial charge in [-0.1, -0.05) is 0 Å². The molecular weight excluding hydrogens is 279 g/mol. The number of carboxylic acids is 1. The van der Waals surface area contributed by atoms with E-state index in [0.717, 1.165) is 7.11 Å². The predicted molar refractivity (Wildman–Crippen MR) is 63.5 cm³/mol. The number of benzene rings is 1. The molecular formula is C12H12F3NO4. The number of hydrogen-bond donors (Lipinski definition) is 2. The molecule has 0 aliphatic heterocycles. The van der Waals surface area contributed by atoms with Crippen molar-refractivity contribution in [1.29, 1.82) is 0 Å². The number of aromatic carboxylic acids is 1. The number of ether oxygens (including phenoxy) is 1. The van der Waals surface area contributed by atoms with Gasteiger partial charge in [-0.05, 0) is 24.3 Å². The van der Waals surface area contributed by atoms with Gasteiger partial charge in [-0.15, -0.1) is 0 Å². The molecule has 0 saturated heterocycles. The van der Waals surface area contributed by atoms with Crippen LogP contribution >= 0.6 is 0 Å². The summed E-state index contributed by atoms with van der Waals surface area (Å²) < 4.78 is 41.3. The third kappa shape index (κ3) is 4.79. The minimum Gasteiger partial charge on any atom is -0.478 e. The first-order valence-corrected chi connectivity index (χ1v) is 5.47. The van der Waals surface area contributed by atoms with E-state index in [4.69, 9.17) is 5.11 Å². The van der Waals surface area contributed by atoms with Crippen LogP contribution in [0.5, 0.6) is 0 Å². The van der Waals surface area contributed by atoms with Crippen LogP contribution < -0.4 is 5.32 Å². The summed E-state index contributed by atoms with van der Waals surface area (Å²) in [6.45, 7) is 0. The van der Waals surface area contributed by atoms with Crippen molar-refractivity contribution in [3.63, 3.8) is 0 Å². The minimum absolute atomic E-state index is 0.0130. The number of alkyl halides is 3. The zero-order valence-electron chi connectivity index (χ0n) is 10.4. The van der Waals surface area contributed by atoms with Crippen molar-refractivity contribution >= 4 is 17.6 Å². The summed E-state index contributed by atoms with van der Waals surface area (Å²) in [7, 11) is 0.987. The fraction of sp³-hybridized carbons (Fsp3) is 0.333. The van der Waals surface area contributed by atoms with Crippen LogP contribution in [-0.4, -0.2) is 36.4 Å². The molecule has 0 aromatic heterocycles. The van der Waals surface area contributed by atoms with E-state index in [1.165, 1.54) is 24.3 Å². The molecule has 20 heavy (non-hydrogen) atoms. The Bertz CT molecular complexity index is 484. The van der Waals surface area contributed by atoms with Gasteiger partial charge in [0.25, 0.3) is 0 Å². The van der Waals surface area contributed by atoms with Gasteiger partial charge >= 0.3 is 18.1 Å². The Morgan fingerprint density at radius 3 is 2.25 bits per heavy atom. The number of carboxylic acid groups (broad SMARTS) is 1. The zero-order valence-corrected chi connectivity index (χ0v) is 10.4. The number of esters is 1. The predicted octanol–water partition coefficient (Wildman–Crippen LogP) is 2.29. The molecule has 0 spiro atoms. The second-order valence-corrected chi connectivity index (χ2v) is 3.92. The largest absolute Gasteiger partial charge is 0.478 e. The maximum absolute atomic E-state index is 12.3. The molecule has 5 nitrogen and oxygen atoms in total. The number of halogens is 3. The Kier molecular flexibility index (Phi) is 4.95. The van der Waals surface area contributed by atoms with Gasteiger partial charge in [0.2, 0.25) is 0 Å². The van der Waals surface area contributed by atoms with E-state index in [-0.39, 0.29) is 11.3 Å². The van der Waals surface area contributed by atoms with E-state index in [1.54, 1.807) is 0 Å². The smallest absolute Gasteiger partial charge is 0.391 e. The molecule has 0 aliphatic rings. The molecule has 1 rings (SSSR count). The first kappa shape index (κ1) is 15.8. The molecule has 0 aliphatic carbocycles. The molecule has 0 radical (unpaired) electrons. The Morgan fingerprint density at radius 2 is 1.85 bits per heavy atom. The van der Waals surface area contributed by atoms with E-state index in [2.05, 4.69) is 10.1 Å². The number of carbonyl (C=O) groups excluding carboxylic acids is 1. The highest BCUT2D eigenvalue weighted by Crippen LogP contribution is 2.24. The summed E-state index contributed by atoms with van der Waals surface area (Å²) in [5.74, 6) is -2.21. The highest BCUT2D eigenvalue weighted by molar-refractivity contribution is 5.88. The number of methoxy groups -OCH3 is 1. The van der Waals surface area contributed by atoms with Gasteiger partial charge in [-0.25, -0.2) is 9.59 Å². The topological polar surface area (TPSA) is 75.6 Å². The molecule has 0 saturated carbocycles. The Morgan fingerprint density at radius 1 is 1.30 bits per heavy atom.